The summed E-state index contributed by atoms with van der Waals surface area (Å²) in [5, 5.41) is 5.63. The molecule has 1 N–H and O–H groups in total. The summed E-state index contributed by atoms with van der Waals surface area (Å²) >= 11 is 1.79. The Labute approximate surface area is 171 Å². The molecule has 6 heteroatoms. The van der Waals surface area contributed by atoms with Crippen LogP contribution in [0.15, 0.2) is 46.8 Å². The maximum absolute atomic E-state index is 6.07. The number of aliphatic imine (C=N–C) groups is 1. The Morgan fingerprint density at radius 1 is 1.24 bits per heavy atom. The lowest BCUT2D eigenvalue weighted by molar-refractivity contribution is 0.129. The number of piperidine rings is 1. The first kappa shape index (κ1) is 20.0. The van der Waals surface area contributed by atoms with Gasteiger partial charge >= 0.3 is 0 Å². The van der Waals surface area contributed by atoms with E-state index in [9.17, 15) is 0 Å². The van der Waals surface area contributed by atoms with Gasteiger partial charge in [0.15, 0.2) is 5.96 Å². The minimum atomic E-state index is 0. The second-order valence-corrected chi connectivity index (χ2v) is 7.05. The van der Waals surface area contributed by atoms with E-state index in [0.29, 0.717) is 6.10 Å². The molecule has 4 nitrogen and oxygen atoms in total. The predicted molar refractivity (Wildman–Crippen MR) is 116 cm³/mol. The van der Waals surface area contributed by atoms with E-state index in [1.54, 1.807) is 11.3 Å². The van der Waals surface area contributed by atoms with Gasteiger partial charge < -0.3 is 15.0 Å². The number of rotatable bonds is 4. The highest BCUT2D eigenvalue weighted by Gasteiger charge is 2.22. The highest BCUT2D eigenvalue weighted by Crippen LogP contribution is 2.19. The smallest absolute Gasteiger partial charge is 0.193 e. The normalized spacial score (nSPS) is 15.6. The van der Waals surface area contributed by atoms with E-state index < -0.39 is 0 Å². The second-order valence-electron chi connectivity index (χ2n) is 6.04. The first-order valence-corrected chi connectivity index (χ1v) is 9.34. The summed E-state index contributed by atoms with van der Waals surface area (Å²) in [6.45, 7) is 4.94. The largest absolute Gasteiger partial charge is 0.490 e. The number of benzene rings is 1. The van der Waals surface area contributed by atoms with Crippen molar-refractivity contribution < 1.29 is 4.74 Å². The van der Waals surface area contributed by atoms with Gasteiger partial charge in [0, 0.05) is 37.9 Å². The highest BCUT2D eigenvalue weighted by molar-refractivity contribution is 14.0. The van der Waals surface area contributed by atoms with Gasteiger partial charge in [-0.3, -0.25) is 4.99 Å². The Balaban J connectivity index is 0.00000225. The summed E-state index contributed by atoms with van der Waals surface area (Å²) < 4.78 is 6.07. The summed E-state index contributed by atoms with van der Waals surface area (Å²) in [5.41, 5.74) is 1.35. The van der Waals surface area contributed by atoms with Crippen molar-refractivity contribution in [3.05, 3.63) is 52.2 Å². The number of hydrogen-bond acceptors (Lipinski definition) is 3. The Kier molecular flexibility index (Phi) is 8.02. The first-order valence-electron chi connectivity index (χ1n) is 8.46. The molecule has 0 bridgehead atoms. The second kappa shape index (κ2) is 10.0. The van der Waals surface area contributed by atoms with Crippen LogP contribution in [0.5, 0.6) is 5.75 Å². The molecule has 3 rings (SSSR count). The van der Waals surface area contributed by atoms with Crippen LogP contribution in [0.4, 0.5) is 0 Å². The first-order chi connectivity index (χ1) is 11.8. The highest BCUT2D eigenvalue weighted by atomic mass is 127. The number of halogens is 1. The van der Waals surface area contributed by atoms with Crippen molar-refractivity contribution in [1.29, 1.82) is 0 Å². The van der Waals surface area contributed by atoms with Gasteiger partial charge in [-0.25, -0.2) is 0 Å². The van der Waals surface area contributed by atoms with E-state index in [2.05, 4.69) is 33.6 Å². The number of guanidine groups is 1. The van der Waals surface area contributed by atoms with Crippen molar-refractivity contribution >= 4 is 41.3 Å². The Morgan fingerprint density at radius 2 is 1.96 bits per heavy atom. The molecule has 1 saturated heterocycles. The molecule has 2 aromatic rings. The fraction of sp³-hybridized carbons (Fsp3) is 0.421. The Morgan fingerprint density at radius 3 is 2.56 bits per heavy atom. The van der Waals surface area contributed by atoms with Gasteiger partial charge in [-0.2, -0.15) is 0 Å². The Hall–Kier alpha value is -1.28. The molecule has 0 saturated carbocycles. The van der Waals surface area contributed by atoms with Gasteiger partial charge in [0.2, 0.25) is 0 Å². The summed E-state index contributed by atoms with van der Waals surface area (Å²) in [4.78, 5) is 8.15. The van der Waals surface area contributed by atoms with Gasteiger partial charge in [0.05, 0.1) is 6.54 Å². The summed E-state index contributed by atoms with van der Waals surface area (Å²) in [5.74, 6) is 1.95. The zero-order chi connectivity index (χ0) is 16.8. The van der Waals surface area contributed by atoms with Gasteiger partial charge in [0.1, 0.15) is 11.9 Å². The Bertz CT molecular complexity index is 666. The monoisotopic (exact) mass is 471 g/mol. The van der Waals surface area contributed by atoms with Crippen LogP contribution >= 0.6 is 35.3 Å². The molecule has 1 aromatic heterocycles. The van der Waals surface area contributed by atoms with Crippen LogP contribution in [-0.4, -0.2) is 37.1 Å². The van der Waals surface area contributed by atoms with Crippen LogP contribution in [0.3, 0.4) is 0 Å². The topological polar surface area (TPSA) is 36.9 Å². The number of thiophene rings is 1. The number of nitrogens with one attached hydrogen (secondary N) is 1. The SMILES string of the molecule is CN=C(NCc1sccc1C)N1CCC(Oc2ccccc2)CC1.I. The third-order valence-electron chi connectivity index (χ3n) is 4.37. The molecule has 1 aliphatic rings. The fourth-order valence-corrected chi connectivity index (χ4v) is 3.80. The van der Waals surface area contributed by atoms with E-state index in [1.165, 1.54) is 10.4 Å². The molecule has 25 heavy (non-hydrogen) atoms. The molecule has 1 aliphatic heterocycles. The van der Waals surface area contributed by atoms with Crippen molar-refractivity contribution in [1.82, 2.24) is 10.2 Å². The van der Waals surface area contributed by atoms with Crippen molar-refractivity contribution in [2.24, 2.45) is 4.99 Å². The molecule has 2 heterocycles. The van der Waals surface area contributed by atoms with Crippen LogP contribution in [0.25, 0.3) is 0 Å². The molecule has 0 unspecified atom stereocenters. The van der Waals surface area contributed by atoms with Gasteiger partial charge in [0.25, 0.3) is 0 Å². The van der Waals surface area contributed by atoms with E-state index in [4.69, 9.17) is 4.74 Å². The summed E-state index contributed by atoms with van der Waals surface area (Å²) in [7, 11) is 1.86. The molecule has 0 spiro atoms. The summed E-state index contributed by atoms with van der Waals surface area (Å²) in [6.07, 6.45) is 2.34. The molecule has 0 aliphatic carbocycles. The standard InChI is InChI=1S/C19H25N3OS.HI/c1-15-10-13-24-18(15)14-21-19(20-2)22-11-8-17(9-12-22)23-16-6-4-3-5-7-16;/h3-7,10,13,17H,8-9,11-12,14H2,1-2H3,(H,20,21);1H. The van der Waals surface area contributed by atoms with E-state index in [0.717, 1.165) is 44.2 Å². The van der Waals surface area contributed by atoms with Crippen LogP contribution in [-0.2, 0) is 6.54 Å². The maximum atomic E-state index is 6.07. The van der Waals surface area contributed by atoms with Gasteiger partial charge in [-0.1, -0.05) is 18.2 Å². The number of nitrogens with zero attached hydrogens (tertiary/aromatic N) is 2. The number of ether oxygens (including phenoxy) is 1. The van der Waals surface area contributed by atoms with Crippen LogP contribution in [0.1, 0.15) is 23.3 Å². The number of para-hydroxylation sites is 1. The average Bonchev–Trinajstić information content (AvgIpc) is 3.03. The molecule has 0 atom stereocenters. The van der Waals surface area contributed by atoms with Gasteiger partial charge in [-0.15, -0.1) is 35.3 Å². The lowest BCUT2D eigenvalue weighted by atomic mass is 10.1. The third-order valence-corrected chi connectivity index (χ3v) is 5.40. The zero-order valence-electron chi connectivity index (χ0n) is 14.8. The van der Waals surface area contributed by atoms with Crippen molar-refractivity contribution in [2.45, 2.75) is 32.4 Å². The van der Waals surface area contributed by atoms with E-state index in [-0.39, 0.29) is 24.0 Å². The fourth-order valence-electron chi connectivity index (χ4n) is 2.95. The number of aryl methyl sites for hydroxylation is 1. The molecule has 0 radical (unpaired) electrons. The quantitative estimate of drug-likeness (QED) is 0.411. The average molecular weight is 471 g/mol. The van der Waals surface area contributed by atoms with Crippen LogP contribution < -0.4 is 10.1 Å². The van der Waals surface area contributed by atoms with E-state index in [1.807, 2.05) is 37.4 Å². The predicted octanol–water partition coefficient (Wildman–Crippen LogP) is 4.29. The lowest BCUT2D eigenvalue weighted by Crippen LogP contribution is -2.47. The number of hydrogen-bond donors (Lipinski definition) is 1. The molecule has 0 amide bonds. The molecular weight excluding hydrogens is 445 g/mol. The third kappa shape index (κ3) is 5.60. The minimum Gasteiger partial charge on any atom is -0.490 e. The van der Waals surface area contributed by atoms with Gasteiger partial charge in [-0.05, 0) is 36.1 Å². The lowest BCUT2D eigenvalue weighted by Gasteiger charge is -2.34. The minimum absolute atomic E-state index is 0. The molecular formula is C19H26IN3OS. The van der Waals surface area contributed by atoms with Crippen molar-refractivity contribution in [3.8, 4) is 5.75 Å². The van der Waals surface area contributed by atoms with Crippen LogP contribution in [0, 0.1) is 6.92 Å². The zero-order valence-corrected chi connectivity index (χ0v) is 17.9. The summed E-state index contributed by atoms with van der Waals surface area (Å²) in [6, 6.07) is 12.3. The van der Waals surface area contributed by atoms with Crippen molar-refractivity contribution in [2.75, 3.05) is 20.1 Å². The van der Waals surface area contributed by atoms with Crippen LogP contribution in [0.2, 0.25) is 0 Å². The number of likely N-dealkylation sites (tertiary alicyclic amines) is 1. The maximum Gasteiger partial charge on any atom is 0.193 e. The van der Waals surface area contributed by atoms with Crippen molar-refractivity contribution in [3.63, 3.8) is 0 Å². The van der Waals surface area contributed by atoms with E-state index >= 15 is 0 Å². The molecule has 1 fully saturated rings. The molecule has 136 valence electrons. The molecule has 1 aromatic carbocycles.